The minimum absolute atomic E-state index is 0.0672. The standard InChI is InChI=1S/C10H16F2N4O2/c11-9(12)6-16(3-4-17)10(18)8-5-15(2-1-13)7-14-8/h5,7,9,17H,1-4,6,13H2. The Bertz CT molecular complexity index is 384. The maximum atomic E-state index is 12.3. The fourth-order valence-electron chi connectivity index (χ4n) is 1.47. The number of carbonyl (C=O) groups is 1. The lowest BCUT2D eigenvalue weighted by Crippen LogP contribution is -2.37. The van der Waals surface area contributed by atoms with E-state index in [0.29, 0.717) is 13.1 Å². The number of halogens is 2. The Kier molecular flexibility index (Phi) is 5.66. The molecule has 1 aromatic rings. The van der Waals surface area contributed by atoms with E-state index in [9.17, 15) is 13.6 Å². The fourth-order valence-corrected chi connectivity index (χ4v) is 1.47. The summed E-state index contributed by atoms with van der Waals surface area (Å²) in [5.41, 5.74) is 5.41. The Morgan fingerprint density at radius 3 is 2.89 bits per heavy atom. The number of nitrogens with zero attached hydrogens (tertiary/aromatic N) is 3. The van der Waals surface area contributed by atoms with E-state index in [1.54, 1.807) is 4.57 Å². The van der Waals surface area contributed by atoms with Crippen LogP contribution in [-0.2, 0) is 6.54 Å². The van der Waals surface area contributed by atoms with E-state index in [0.717, 1.165) is 4.90 Å². The fraction of sp³-hybridized carbons (Fsp3) is 0.600. The highest BCUT2D eigenvalue weighted by Gasteiger charge is 2.21. The Morgan fingerprint density at radius 2 is 2.33 bits per heavy atom. The summed E-state index contributed by atoms with van der Waals surface area (Å²) in [5.74, 6) is -0.625. The minimum Gasteiger partial charge on any atom is -0.395 e. The van der Waals surface area contributed by atoms with Gasteiger partial charge in [0.2, 0.25) is 0 Å². The van der Waals surface area contributed by atoms with Crippen LogP contribution in [0.2, 0.25) is 0 Å². The third kappa shape index (κ3) is 4.04. The molecule has 1 heterocycles. The molecule has 0 unspecified atom stereocenters. The van der Waals surface area contributed by atoms with Crippen LogP contribution in [0.5, 0.6) is 0 Å². The summed E-state index contributed by atoms with van der Waals surface area (Å²) < 4.78 is 26.2. The first-order valence-corrected chi connectivity index (χ1v) is 5.48. The quantitative estimate of drug-likeness (QED) is 0.696. The average Bonchev–Trinajstić information content (AvgIpc) is 2.76. The van der Waals surface area contributed by atoms with Crippen molar-refractivity contribution in [1.82, 2.24) is 14.5 Å². The van der Waals surface area contributed by atoms with E-state index in [1.807, 2.05) is 0 Å². The van der Waals surface area contributed by atoms with Crippen LogP contribution >= 0.6 is 0 Å². The molecule has 0 fully saturated rings. The first kappa shape index (κ1) is 14.5. The molecule has 3 N–H and O–H groups in total. The van der Waals surface area contributed by atoms with Gasteiger partial charge in [0, 0.05) is 25.8 Å². The van der Waals surface area contributed by atoms with Gasteiger partial charge in [-0.25, -0.2) is 13.8 Å². The van der Waals surface area contributed by atoms with Gasteiger partial charge < -0.3 is 20.3 Å². The van der Waals surface area contributed by atoms with Gasteiger partial charge in [-0.15, -0.1) is 0 Å². The van der Waals surface area contributed by atoms with Crippen molar-refractivity contribution in [2.75, 3.05) is 26.2 Å². The number of amides is 1. The summed E-state index contributed by atoms with van der Waals surface area (Å²) in [5, 5.41) is 8.75. The lowest BCUT2D eigenvalue weighted by molar-refractivity contribution is 0.0504. The van der Waals surface area contributed by atoms with Crippen molar-refractivity contribution < 1.29 is 18.7 Å². The molecule has 0 aliphatic rings. The van der Waals surface area contributed by atoms with Crippen molar-refractivity contribution in [2.24, 2.45) is 5.73 Å². The molecule has 1 amide bonds. The highest BCUT2D eigenvalue weighted by atomic mass is 19.3. The smallest absolute Gasteiger partial charge is 0.274 e. The molecule has 0 bridgehead atoms. The second-order valence-corrected chi connectivity index (χ2v) is 3.65. The van der Waals surface area contributed by atoms with Crippen LogP contribution in [0.3, 0.4) is 0 Å². The topological polar surface area (TPSA) is 84.4 Å². The predicted molar refractivity (Wildman–Crippen MR) is 60.3 cm³/mol. The van der Waals surface area contributed by atoms with Gasteiger partial charge in [-0.3, -0.25) is 4.79 Å². The molecule has 0 spiro atoms. The minimum atomic E-state index is -2.65. The molecule has 8 heteroatoms. The normalized spacial score (nSPS) is 10.9. The molecule has 18 heavy (non-hydrogen) atoms. The van der Waals surface area contributed by atoms with Crippen LogP contribution < -0.4 is 5.73 Å². The molecule has 0 saturated carbocycles. The van der Waals surface area contributed by atoms with Crippen molar-refractivity contribution in [1.29, 1.82) is 0 Å². The van der Waals surface area contributed by atoms with Crippen molar-refractivity contribution in [2.45, 2.75) is 13.0 Å². The largest absolute Gasteiger partial charge is 0.395 e. The van der Waals surface area contributed by atoms with E-state index in [1.165, 1.54) is 12.5 Å². The molecule has 0 atom stereocenters. The van der Waals surface area contributed by atoms with Gasteiger partial charge in [0.15, 0.2) is 0 Å². The summed E-state index contributed by atoms with van der Waals surface area (Å²) in [6.07, 6.45) is 0.219. The number of nitrogens with two attached hydrogens (primary N) is 1. The maximum Gasteiger partial charge on any atom is 0.274 e. The summed E-state index contributed by atoms with van der Waals surface area (Å²) in [4.78, 5) is 16.6. The highest BCUT2D eigenvalue weighted by Crippen LogP contribution is 2.05. The second-order valence-electron chi connectivity index (χ2n) is 3.65. The van der Waals surface area contributed by atoms with E-state index < -0.39 is 18.9 Å². The number of carbonyl (C=O) groups excluding carboxylic acids is 1. The van der Waals surface area contributed by atoms with Crippen LogP contribution in [0.4, 0.5) is 8.78 Å². The summed E-state index contributed by atoms with van der Waals surface area (Å²) in [6.45, 7) is -0.353. The number of aromatic nitrogens is 2. The monoisotopic (exact) mass is 262 g/mol. The van der Waals surface area contributed by atoms with Crippen LogP contribution in [0.1, 0.15) is 10.5 Å². The lowest BCUT2D eigenvalue weighted by atomic mass is 10.3. The van der Waals surface area contributed by atoms with E-state index >= 15 is 0 Å². The zero-order chi connectivity index (χ0) is 13.5. The van der Waals surface area contributed by atoms with E-state index in [4.69, 9.17) is 10.8 Å². The summed E-state index contributed by atoms with van der Waals surface area (Å²) in [7, 11) is 0. The lowest BCUT2D eigenvalue weighted by Gasteiger charge is -2.19. The maximum absolute atomic E-state index is 12.3. The first-order valence-electron chi connectivity index (χ1n) is 5.48. The molecule has 0 aliphatic heterocycles. The van der Waals surface area contributed by atoms with Gasteiger partial charge in [0.1, 0.15) is 5.69 Å². The SMILES string of the molecule is NCCn1cnc(C(=O)N(CCO)CC(F)F)c1. The molecule has 1 aromatic heterocycles. The zero-order valence-electron chi connectivity index (χ0n) is 9.80. The van der Waals surface area contributed by atoms with Gasteiger partial charge in [-0.05, 0) is 0 Å². The number of aliphatic hydroxyl groups excluding tert-OH is 1. The second kappa shape index (κ2) is 7.02. The molecule has 0 aliphatic carbocycles. The Labute approximate surface area is 103 Å². The Morgan fingerprint density at radius 1 is 1.61 bits per heavy atom. The first-order chi connectivity index (χ1) is 8.58. The van der Waals surface area contributed by atoms with Crippen molar-refractivity contribution in [3.05, 3.63) is 18.2 Å². The molecule has 6 nitrogen and oxygen atoms in total. The van der Waals surface area contributed by atoms with Gasteiger partial charge in [-0.2, -0.15) is 0 Å². The van der Waals surface area contributed by atoms with Gasteiger partial charge in [0.25, 0.3) is 12.3 Å². The van der Waals surface area contributed by atoms with Crippen molar-refractivity contribution in [3.63, 3.8) is 0 Å². The number of rotatable bonds is 7. The third-order valence-electron chi connectivity index (χ3n) is 2.26. The van der Waals surface area contributed by atoms with Gasteiger partial charge in [-0.1, -0.05) is 0 Å². The van der Waals surface area contributed by atoms with Gasteiger partial charge >= 0.3 is 0 Å². The van der Waals surface area contributed by atoms with Gasteiger partial charge in [0.05, 0.1) is 19.5 Å². The van der Waals surface area contributed by atoms with Crippen LogP contribution in [0, 0.1) is 0 Å². The average molecular weight is 262 g/mol. The Hall–Kier alpha value is -1.54. The number of alkyl halides is 2. The summed E-state index contributed by atoms with van der Waals surface area (Å²) >= 11 is 0. The highest BCUT2D eigenvalue weighted by molar-refractivity contribution is 5.92. The number of imidazole rings is 1. The molecule has 1 rings (SSSR count). The molecule has 102 valence electrons. The van der Waals surface area contributed by atoms with E-state index in [2.05, 4.69) is 4.98 Å². The van der Waals surface area contributed by atoms with Crippen molar-refractivity contribution >= 4 is 5.91 Å². The van der Waals surface area contributed by atoms with Crippen molar-refractivity contribution in [3.8, 4) is 0 Å². The number of aliphatic hydroxyl groups is 1. The number of hydrogen-bond donors (Lipinski definition) is 2. The number of hydrogen-bond acceptors (Lipinski definition) is 4. The molecule has 0 saturated heterocycles. The Balaban J connectivity index is 2.74. The van der Waals surface area contributed by atoms with Crippen LogP contribution in [0.25, 0.3) is 0 Å². The molecular weight excluding hydrogens is 246 g/mol. The van der Waals surface area contributed by atoms with Crippen LogP contribution in [0.15, 0.2) is 12.5 Å². The molecular formula is C10H16F2N4O2. The third-order valence-corrected chi connectivity index (χ3v) is 2.26. The van der Waals surface area contributed by atoms with E-state index in [-0.39, 0.29) is 18.8 Å². The summed E-state index contributed by atoms with van der Waals surface area (Å²) in [6, 6.07) is 0. The molecule has 0 aromatic carbocycles. The zero-order valence-corrected chi connectivity index (χ0v) is 9.80. The predicted octanol–water partition coefficient (Wildman–Crippen LogP) is -0.459. The van der Waals surface area contributed by atoms with Crippen LogP contribution in [-0.4, -0.2) is 58.1 Å². The molecule has 0 radical (unpaired) electrons.